The molecule has 0 radical (unpaired) electrons. The van der Waals surface area contributed by atoms with E-state index in [9.17, 15) is 0 Å². The number of nitrogen functional groups attached to an aromatic ring is 1. The molecule has 3 aromatic rings. The average Bonchev–Trinajstić information content (AvgIpc) is 2.96. The molecule has 0 saturated heterocycles. The van der Waals surface area contributed by atoms with Gasteiger partial charge in [0.25, 0.3) is 0 Å². The van der Waals surface area contributed by atoms with E-state index in [0.29, 0.717) is 11.5 Å². The molecule has 0 saturated carbocycles. The molecule has 86 valence electrons. The summed E-state index contributed by atoms with van der Waals surface area (Å²) in [6, 6.07) is 5.56. The second-order valence-corrected chi connectivity index (χ2v) is 3.89. The van der Waals surface area contributed by atoms with Crippen molar-refractivity contribution in [2.75, 3.05) is 5.73 Å². The Bertz CT molecular complexity index is 639. The standard InChI is InChI=1S/C11H12N6/c1-7(17-6-2-5-13-17)10-14-8-3-4-9(12)15-11(8)16-10/h2-7H,1H3,(H3,12,14,15,16). The van der Waals surface area contributed by atoms with Crippen molar-refractivity contribution in [3.63, 3.8) is 0 Å². The molecule has 0 bridgehead atoms. The van der Waals surface area contributed by atoms with Crippen LogP contribution < -0.4 is 5.73 Å². The van der Waals surface area contributed by atoms with Gasteiger partial charge in [-0.1, -0.05) is 0 Å². The van der Waals surface area contributed by atoms with Crippen molar-refractivity contribution >= 4 is 17.0 Å². The number of rotatable bonds is 2. The molecular weight excluding hydrogens is 216 g/mol. The van der Waals surface area contributed by atoms with Crippen molar-refractivity contribution in [2.24, 2.45) is 0 Å². The van der Waals surface area contributed by atoms with Gasteiger partial charge in [-0.2, -0.15) is 5.10 Å². The molecule has 3 N–H and O–H groups in total. The normalized spacial score (nSPS) is 13.0. The van der Waals surface area contributed by atoms with Crippen LogP contribution in [0.5, 0.6) is 0 Å². The lowest BCUT2D eigenvalue weighted by Gasteiger charge is -2.07. The Morgan fingerprint density at radius 2 is 2.24 bits per heavy atom. The molecule has 0 spiro atoms. The molecule has 0 aliphatic carbocycles. The van der Waals surface area contributed by atoms with E-state index in [4.69, 9.17) is 5.73 Å². The van der Waals surface area contributed by atoms with Gasteiger partial charge in [0.1, 0.15) is 17.7 Å². The molecule has 6 nitrogen and oxygen atoms in total. The van der Waals surface area contributed by atoms with Gasteiger partial charge in [-0.25, -0.2) is 9.97 Å². The number of nitrogens with zero attached hydrogens (tertiary/aromatic N) is 4. The molecule has 6 heteroatoms. The van der Waals surface area contributed by atoms with Crippen molar-refractivity contribution in [2.45, 2.75) is 13.0 Å². The van der Waals surface area contributed by atoms with Gasteiger partial charge < -0.3 is 10.7 Å². The number of nitrogens with two attached hydrogens (primary N) is 1. The zero-order valence-corrected chi connectivity index (χ0v) is 9.33. The van der Waals surface area contributed by atoms with E-state index < -0.39 is 0 Å². The van der Waals surface area contributed by atoms with E-state index in [-0.39, 0.29) is 6.04 Å². The summed E-state index contributed by atoms with van der Waals surface area (Å²) in [5.74, 6) is 1.30. The Labute approximate surface area is 97.5 Å². The highest BCUT2D eigenvalue weighted by atomic mass is 15.3. The molecule has 3 rings (SSSR count). The first kappa shape index (κ1) is 9.83. The topological polar surface area (TPSA) is 85.4 Å². The van der Waals surface area contributed by atoms with Crippen LogP contribution in [0.1, 0.15) is 18.8 Å². The molecule has 0 aliphatic rings. The monoisotopic (exact) mass is 228 g/mol. The van der Waals surface area contributed by atoms with Crippen LogP contribution in [0.25, 0.3) is 11.2 Å². The highest BCUT2D eigenvalue weighted by molar-refractivity contribution is 5.72. The third-order valence-corrected chi connectivity index (χ3v) is 2.70. The quantitative estimate of drug-likeness (QED) is 0.693. The highest BCUT2D eigenvalue weighted by Crippen LogP contribution is 2.17. The first-order valence-electron chi connectivity index (χ1n) is 5.35. The predicted octanol–water partition coefficient (Wildman–Crippen LogP) is 1.35. The number of aromatic nitrogens is 5. The lowest BCUT2D eigenvalue weighted by Crippen LogP contribution is -2.08. The summed E-state index contributed by atoms with van der Waals surface area (Å²) in [6.07, 6.45) is 3.65. The lowest BCUT2D eigenvalue weighted by atomic mass is 10.3. The number of fused-ring (bicyclic) bond motifs is 1. The Morgan fingerprint density at radius 1 is 1.35 bits per heavy atom. The van der Waals surface area contributed by atoms with Crippen LogP contribution in [0.4, 0.5) is 5.82 Å². The van der Waals surface area contributed by atoms with E-state index in [0.717, 1.165) is 11.3 Å². The van der Waals surface area contributed by atoms with Crippen LogP contribution in [0.2, 0.25) is 0 Å². The summed E-state index contributed by atoms with van der Waals surface area (Å²) >= 11 is 0. The minimum atomic E-state index is 0.0421. The van der Waals surface area contributed by atoms with Gasteiger partial charge in [-0.15, -0.1) is 0 Å². The Morgan fingerprint density at radius 3 is 3.00 bits per heavy atom. The maximum atomic E-state index is 5.62. The summed E-state index contributed by atoms with van der Waals surface area (Å²) in [5, 5.41) is 4.19. The first-order valence-corrected chi connectivity index (χ1v) is 5.35. The summed E-state index contributed by atoms with van der Waals surface area (Å²) in [6.45, 7) is 2.02. The first-order chi connectivity index (χ1) is 8.24. The molecule has 1 atom stereocenters. The van der Waals surface area contributed by atoms with Gasteiger partial charge in [-0.3, -0.25) is 4.68 Å². The predicted molar refractivity (Wildman–Crippen MR) is 64.3 cm³/mol. The average molecular weight is 228 g/mol. The number of nitrogens with one attached hydrogen (secondary N) is 1. The second-order valence-electron chi connectivity index (χ2n) is 3.89. The molecule has 0 fully saturated rings. The molecule has 0 amide bonds. The molecule has 3 heterocycles. The molecule has 3 aromatic heterocycles. The fourth-order valence-corrected chi connectivity index (χ4v) is 1.76. The van der Waals surface area contributed by atoms with E-state index in [2.05, 4.69) is 20.1 Å². The highest BCUT2D eigenvalue weighted by Gasteiger charge is 2.13. The van der Waals surface area contributed by atoms with Gasteiger partial charge in [0.2, 0.25) is 0 Å². The molecule has 1 unspecified atom stereocenters. The zero-order chi connectivity index (χ0) is 11.8. The second kappa shape index (κ2) is 3.58. The van der Waals surface area contributed by atoms with Crippen LogP contribution >= 0.6 is 0 Å². The van der Waals surface area contributed by atoms with Gasteiger partial charge >= 0.3 is 0 Å². The number of hydrogen-bond acceptors (Lipinski definition) is 4. The van der Waals surface area contributed by atoms with Gasteiger partial charge in [0.05, 0.1) is 5.52 Å². The smallest absolute Gasteiger partial charge is 0.179 e. The van der Waals surface area contributed by atoms with E-state index in [1.54, 1.807) is 12.3 Å². The maximum Gasteiger partial charge on any atom is 0.179 e. The van der Waals surface area contributed by atoms with Gasteiger partial charge in [0, 0.05) is 12.4 Å². The molecule has 0 aromatic carbocycles. The molecule has 17 heavy (non-hydrogen) atoms. The number of hydrogen-bond donors (Lipinski definition) is 2. The van der Waals surface area contributed by atoms with Crippen molar-refractivity contribution < 1.29 is 0 Å². The SMILES string of the molecule is CC(c1nc2nc(N)ccc2[nH]1)n1cccn1. The summed E-state index contributed by atoms with van der Waals surface area (Å²) < 4.78 is 1.83. The van der Waals surface area contributed by atoms with Crippen molar-refractivity contribution in [1.82, 2.24) is 24.7 Å². The summed E-state index contributed by atoms with van der Waals surface area (Å²) in [7, 11) is 0. The number of H-pyrrole nitrogens is 1. The maximum absolute atomic E-state index is 5.62. The van der Waals surface area contributed by atoms with E-state index >= 15 is 0 Å². The van der Waals surface area contributed by atoms with Crippen molar-refractivity contribution in [3.8, 4) is 0 Å². The Hall–Kier alpha value is -2.37. The largest absolute Gasteiger partial charge is 0.384 e. The van der Waals surface area contributed by atoms with Gasteiger partial charge in [0.15, 0.2) is 5.65 Å². The fraction of sp³-hybridized carbons (Fsp3) is 0.182. The third-order valence-electron chi connectivity index (χ3n) is 2.70. The number of aromatic amines is 1. The minimum absolute atomic E-state index is 0.0421. The summed E-state index contributed by atoms with van der Waals surface area (Å²) in [4.78, 5) is 11.8. The number of imidazole rings is 1. The molecule has 0 aliphatic heterocycles. The van der Waals surface area contributed by atoms with Crippen molar-refractivity contribution in [3.05, 3.63) is 36.4 Å². The lowest BCUT2D eigenvalue weighted by molar-refractivity contribution is 0.542. The van der Waals surface area contributed by atoms with Crippen LogP contribution in [0.3, 0.4) is 0 Å². The van der Waals surface area contributed by atoms with Gasteiger partial charge in [-0.05, 0) is 25.1 Å². The summed E-state index contributed by atoms with van der Waals surface area (Å²) in [5.41, 5.74) is 7.14. The van der Waals surface area contributed by atoms with Crippen LogP contribution in [0, 0.1) is 0 Å². The number of anilines is 1. The van der Waals surface area contributed by atoms with Crippen LogP contribution in [-0.2, 0) is 0 Å². The van der Waals surface area contributed by atoms with E-state index in [1.807, 2.05) is 29.9 Å². The Balaban J connectivity index is 2.06. The Kier molecular flexibility index (Phi) is 2.07. The third kappa shape index (κ3) is 1.63. The van der Waals surface area contributed by atoms with E-state index in [1.165, 1.54) is 0 Å². The molecular formula is C11H12N6. The van der Waals surface area contributed by atoms with Crippen LogP contribution in [0.15, 0.2) is 30.6 Å². The minimum Gasteiger partial charge on any atom is -0.384 e. The van der Waals surface area contributed by atoms with Crippen molar-refractivity contribution in [1.29, 1.82) is 0 Å². The number of pyridine rings is 1. The fourth-order valence-electron chi connectivity index (χ4n) is 1.76. The zero-order valence-electron chi connectivity index (χ0n) is 9.33. The van der Waals surface area contributed by atoms with Crippen LogP contribution in [-0.4, -0.2) is 24.7 Å².